The molecule has 5 rings (SSSR count). The summed E-state index contributed by atoms with van der Waals surface area (Å²) in [5, 5.41) is 19.6. The number of hydrogen-bond acceptors (Lipinski definition) is 5. The van der Waals surface area contributed by atoms with Crippen LogP contribution < -0.4 is 0 Å². The SMILES string of the molecule is CC1(C)O[C@@H]2C[C@H]3[C@@H]4CC=C5C[C@@H](O)CC[C@]5(C)[C@H]4CC[C@]3(C)[C@]2(C(=O)C=CO)O1. The van der Waals surface area contributed by atoms with Gasteiger partial charge in [-0.05, 0) is 82.0 Å². The maximum Gasteiger partial charge on any atom is 0.193 e. The molecule has 1 saturated heterocycles. The molecular weight excluding hydrogens is 380 g/mol. The van der Waals surface area contributed by atoms with Gasteiger partial charge >= 0.3 is 0 Å². The van der Waals surface area contributed by atoms with E-state index in [1.54, 1.807) is 0 Å². The highest BCUT2D eigenvalue weighted by Gasteiger charge is 2.75. The molecule has 0 unspecified atom stereocenters. The van der Waals surface area contributed by atoms with Gasteiger partial charge in [0.15, 0.2) is 17.2 Å². The van der Waals surface area contributed by atoms with Crippen molar-refractivity contribution in [1.82, 2.24) is 0 Å². The lowest BCUT2D eigenvalue weighted by Gasteiger charge is -2.59. The smallest absolute Gasteiger partial charge is 0.193 e. The molecule has 0 spiro atoms. The van der Waals surface area contributed by atoms with E-state index in [0.29, 0.717) is 17.8 Å². The molecule has 0 aromatic rings. The summed E-state index contributed by atoms with van der Waals surface area (Å²) in [5.41, 5.74) is 0.259. The normalized spacial score (nSPS) is 51.6. The first-order valence-corrected chi connectivity index (χ1v) is 11.7. The van der Waals surface area contributed by atoms with Crippen LogP contribution in [0.3, 0.4) is 0 Å². The van der Waals surface area contributed by atoms with Gasteiger partial charge in [-0.15, -0.1) is 0 Å². The van der Waals surface area contributed by atoms with Gasteiger partial charge in [0, 0.05) is 11.5 Å². The number of ketones is 1. The number of ether oxygens (including phenoxy) is 2. The molecule has 1 aliphatic heterocycles. The number of rotatable bonds is 2. The summed E-state index contributed by atoms with van der Waals surface area (Å²) in [6.07, 6.45) is 10.6. The molecule has 5 heteroatoms. The van der Waals surface area contributed by atoms with Crippen molar-refractivity contribution < 1.29 is 24.5 Å². The van der Waals surface area contributed by atoms with Crippen molar-refractivity contribution in [2.45, 2.75) is 96.2 Å². The summed E-state index contributed by atoms with van der Waals surface area (Å²) < 4.78 is 12.8. The van der Waals surface area contributed by atoms with Crippen molar-refractivity contribution in [3.05, 3.63) is 24.0 Å². The Labute approximate surface area is 179 Å². The molecule has 5 nitrogen and oxygen atoms in total. The minimum Gasteiger partial charge on any atom is -0.515 e. The van der Waals surface area contributed by atoms with Gasteiger partial charge in [-0.25, -0.2) is 0 Å². The van der Waals surface area contributed by atoms with Crippen LogP contribution in [-0.2, 0) is 14.3 Å². The van der Waals surface area contributed by atoms with Gasteiger partial charge in [-0.1, -0.05) is 25.5 Å². The van der Waals surface area contributed by atoms with Gasteiger partial charge in [0.1, 0.15) is 0 Å². The quantitative estimate of drug-likeness (QED) is 0.395. The summed E-state index contributed by atoms with van der Waals surface area (Å²) in [4.78, 5) is 13.4. The fourth-order valence-corrected chi connectivity index (χ4v) is 8.37. The molecule has 4 aliphatic carbocycles. The predicted octanol–water partition coefficient (Wildman–Crippen LogP) is 4.45. The minimum absolute atomic E-state index is 0.157. The Balaban J connectivity index is 1.55. The monoisotopic (exact) mass is 416 g/mol. The number of hydrogen-bond donors (Lipinski definition) is 2. The average molecular weight is 417 g/mol. The van der Waals surface area contributed by atoms with E-state index < -0.39 is 11.4 Å². The van der Waals surface area contributed by atoms with E-state index in [1.807, 2.05) is 13.8 Å². The summed E-state index contributed by atoms with van der Waals surface area (Å²) in [6, 6.07) is 0. The second-order valence-corrected chi connectivity index (χ2v) is 11.4. The van der Waals surface area contributed by atoms with Crippen LogP contribution in [-0.4, -0.2) is 39.6 Å². The van der Waals surface area contributed by atoms with E-state index in [9.17, 15) is 15.0 Å². The van der Waals surface area contributed by atoms with Gasteiger partial charge in [0.25, 0.3) is 0 Å². The van der Waals surface area contributed by atoms with Gasteiger partial charge in [0.2, 0.25) is 0 Å². The number of carbonyl (C=O) groups excluding carboxylic acids is 1. The van der Waals surface area contributed by atoms with E-state index in [1.165, 1.54) is 11.6 Å². The molecule has 1 heterocycles. The molecule has 0 amide bonds. The van der Waals surface area contributed by atoms with Gasteiger partial charge < -0.3 is 19.7 Å². The molecule has 3 saturated carbocycles. The van der Waals surface area contributed by atoms with E-state index in [0.717, 1.165) is 51.2 Å². The van der Waals surface area contributed by atoms with Crippen molar-refractivity contribution in [2.75, 3.05) is 0 Å². The van der Waals surface area contributed by atoms with Crippen LogP contribution in [0.15, 0.2) is 24.0 Å². The number of aliphatic hydroxyl groups excluding tert-OH is 2. The Morgan fingerprint density at radius 2 is 1.93 bits per heavy atom. The van der Waals surface area contributed by atoms with Crippen LogP contribution in [0.25, 0.3) is 0 Å². The predicted molar refractivity (Wildman–Crippen MR) is 113 cm³/mol. The lowest BCUT2D eigenvalue weighted by molar-refractivity contribution is -0.212. The van der Waals surface area contributed by atoms with Gasteiger partial charge in [0.05, 0.1) is 18.5 Å². The van der Waals surface area contributed by atoms with Crippen LogP contribution in [0, 0.1) is 28.6 Å². The zero-order valence-electron chi connectivity index (χ0n) is 18.7. The molecule has 4 fully saturated rings. The van der Waals surface area contributed by atoms with Crippen LogP contribution in [0.1, 0.15) is 72.6 Å². The Morgan fingerprint density at radius 1 is 1.17 bits per heavy atom. The van der Waals surface area contributed by atoms with E-state index in [4.69, 9.17) is 9.47 Å². The maximum atomic E-state index is 13.4. The van der Waals surface area contributed by atoms with Crippen molar-refractivity contribution >= 4 is 5.78 Å². The zero-order chi connectivity index (χ0) is 21.5. The Hall–Kier alpha value is -1.17. The minimum atomic E-state index is -1.03. The van der Waals surface area contributed by atoms with Gasteiger partial charge in [-0.2, -0.15) is 0 Å². The van der Waals surface area contributed by atoms with Crippen LogP contribution in [0.4, 0.5) is 0 Å². The topological polar surface area (TPSA) is 76.0 Å². The highest BCUT2D eigenvalue weighted by Crippen LogP contribution is 2.70. The highest BCUT2D eigenvalue weighted by molar-refractivity contribution is 5.99. The Bertz CT molecular complexity index is 814. The first-order chi connectivity index (χ1) is 14.1. The zero-order valence-corrected chi connectivity index (χ0v) is 18.7. The molecule has 0 bridgehead atoms. The van der Waals surface area contributed by atoms with Crippen molar-refractivity contribution in [2.24, 2.45) is 28.6 Å². The third-order valence-corrected chi connectivity index (χ3v) is 9.66. The first kappa shape index (κ1) is 20.7. The van der Waals surface area contributed by atoms with Crippen molar-refractivity contribution in [3.63, 3.8) is 0 Å². The molecule has 5 aliphatic rings. The largest absolute Gasteiger partial charge is 0.515 e. The van der Waals surface area contributed by atoms with Gasteiger partial charge in [-0.3, -0.25) is 4.79 Å². The Kier molecular flexibility index (Phi) is 4.44. The third kappa shape index (κ3) is 2.49. The summed E-state index contributed by atoms with van der Waals surface area (Å²) >= 11 is 0. The van der Waals surface area contributed by atoms with Crippen LogP contribution in [0.5, 0.6) is 0 Å². The third-order valence-electron chi connectivity index (χ3n) is 9.66. The van der Waals surface area contributed by atoms with Crippen LogP contribution in [0.2, 0.25) is 0 Å². The van der Waals surface area contributed by atoms with E-state index in [2.05, 4.69) is 19.9 Å². The lowest BCUT2D eigenvalue weighted by Crippen LogP contribution is -2.60. The van der Waals surface area contributed by atoms with Crippen LogP contribution >= 0.6 is 0 Å². The highest BCUT2D eigenvalue weighted by atomic mass is 16.8. The second-order valence-electron chi connectivity index (χ2n) is 11.4. The fourth-order valence-electron chi connectivity index (χ4n) is 8.37. The fraction of sp³-hybridized carbons (Fsp3) is 0.800. The first-order valence-electron chi connectivity index (χ1n) is 11.7. The summed E-state index contributed by atoms with van der Waals surface area (Å²) in [5.74, 6) is 0.448. The number of aliphatic hydroxyl groups is 2. The summed E-state index contributed by atoms with van der Waals surface area (Å²) in [7, 11) is 0. The maximum absolute atomic E-state index is 13.4. The average Bonchev–Trinajstić information content (AvgIpc) is 3.08. The number of carbonyl (C=O) groups is 1. The molecule has 8 atom stereocenters. The standard InChI is InChI=1S/C25H36O5/c1-22(2)29-21-14-19-17-6-5-15-13-16(27)7-10-23(15,3)18(17)8-11-24(19,4)25(21,30-22)20(28)9-12-26/h5,9,12,16-19,21,26-27H,6-8,10-11,13-14H2,1-4H3/t16-,17+,18-,19-,21+,23-,24-,25+/m0/s1. The molecule has 0 radical (unpaired) electrons. The second kappa shape index (κ2) is 6.43. The molecule has 166 valence electrons. The van der Waals surface area contributed by atoms with E-state index in [-0.39, 0.29) is 28.8 Å². The molecule has 0 aromatic heterocycles. The molecule has 0 aromatic carbocycles. The summed E-state index contributed by atoms with van der Waals surface area (Å²) in [6.45, 7) is 8.41. The molecule has 2 N–H and O–H groups in total. The number of fused-ring (bicyclic) bond motifs is 7. The lowest BCUT2D eigenvalue weighted by atomic mass is 9.46. The number of allylic oxidation sites excluding steroid dienone is 1. The van der Waals surface area contributed by atoms with E-state index >= 15 is 0 Å². The van der Waals surface area contributed by atoms with Crippen molar-refractivity contribution in [3.8, 4) is 0 Å². The van der Waals surface area contributed by atoms with Crippen molar-refractivity contribution in [1.29, 1.82) is 0 Å². The molecule has 30 heavy (non-hydrogen) atoms. The Morgan fingerprint density at radius 3 is 2.67 bits per heavy atom. The molecular formula is C25H36O5.